The standard InChI is InChI=1S/C59H42N2/c1-58(2)51-31-27-40(33-49(51)50-32-38-18-10-11-19-39(38)34-53(50)58)43-29-30-48(45-23-13-12-22-44(43)45)56-36-55(60-57(61-56)37-16-6-4-7-17-37)41-26-28-47-46-24-14-15-25-52(46)59(3,54(47)35-41)42-20-8-5-9-21-42/h4-36H,1-3H3. The minimum atomic E-state index is -0.309. The van der Waals surface area contributed by atoms with Crippen LogP contribution in [0.15, 0.2) is 200 Å². The maximum Gasteiger partial charge on any atom is 0.160 e. The van der Waals surface area contributed by atoms with Gasteiger partial charge in [-0.25, -0.2) is 9.97 Å². The SMILES string of the molecule is CC1(C)c2ccc(-c3ccc(-c4cc(-c5ccc6c(c5)C(C)(c5ccccc5)c5ccccc5-6)nc(-c5ccccc5)n4)c4ccccc34)cc2-c2cc3ccccc3cc21. The number of hydrogen-bond donors (Lipinski definition) is 0. The zero-order valence-electron chi connectivity index (χ0n) is 34.4. The fourth-order valence-corrected chi connectivity index (χ4v) is 10.6. The molecule has 0 saturated carbocycles. The van der Waals surface area contributed by atoms with Gasteiger partial charge in [0.25, 0.3) is 0 Å². The normalized spacial score (nSPS) is 15.7. The highest BCUT2D eigenvalue weighted by molar-refractivity contribution is 6.06. The molecule has 0 amide bonds. The summed E-state index contributed by atoms with van der Waals surface area (Å²) in [7, 11) is 0. The van der Waals surface area contributed by atoms with Crippen LogP contribution in [0, 0.1) is 0 Å². The number of aromatic nitrogens is 2. The summed E-state index contributed by atoms with van der Waals surface area (Å²) in [5.41, 5.74) is 18.9. The maximum atomic E-state index is 5.33. The molecular weight excluding hydrogens is 737 g/mol. The summed E-state index contributed by atoms with van der Waals surface area (Å²) in [4.78, 5) is 10.6. The van der Waals surface area contributed by atoms with Gasteiger partial charge in [0.15, 0.2) is 5.82 Å². The van der Waals surface area contributed by atoms with Crippen LogP contribution in [0.4, 0.5) is 0 Å². The Morgan fingerprint density at radius 1 is 0.328 bits per heavy atom. The van der Waals surface area contributed by atoms with Crippen LogP contribution in [0.5, 0.6) is 0 Å². The van der Waals surface area contributed by atoms with E-state index >= 15 is 0 Å². The van der Waals surface area contributed by atoms with Crippen LogP contribution in [0.25, 0.3) is 88.8 Å². The van der Waals surface area contributed by atoms with Crippen molar-refractivity contribution in [1.29, 1.82) is 0 Å². The molecule has 12 rings (SSSR count). The largest absolute Gasteiger partial charge is 0.228 e. The molecule has 1 heterocycles. The van der Waals surface area contributed by atoms with Crippen LogP contribution >= 0.6 is 0 Å². The molecule has 0 radical (unpaired) electrons. The lowest BCUT2D eigenvalue weighted by atomic mass is 9.74. The third-order valence-corrected chi connectivity index (χ3v) is 13.8. The molecular formula is C59H42N2. The first-order valence-corrected chi connectivity index (χ1v) is 21.3. The molecule has 0 aliphatic heterocycles. The molecule has 0 saturated heterocycles. The molecule has 2 nitrogen and oxygen atoms in total. The van der Waals surface area contributed by atoms with Gasteiger partial charge in [0.1, 0.15) is 0 Å². The van der Waals surface area contributed by atoms with Crippen LogP contribution in [-0.2, 0) is 10.8 Å². The van der Waals surface area contributed by atoms with Crippen molar-refractivity contribution in [1.82, 2.24) is 9.97 Å². The van der Waals surface area contributed by atoms with Crippen molar-refractivity contribution in [3.63, 3.8) is 0 Å². The van der Waals surface area contributed by atoms with Crippen molar-refractivity contribution >= 4 is 21.5 Å². The summed E-state index contributed by atoms with van der Waals surface area (Å²) in [5.74, 6) is 0.711. The Morgan fingerprint density at radius 3 is 1.72 bits per heavy atom. The Bertz CT molecular complexity index is 3400. The second-order valence-electron chi connectivity index (χ2n) is 17.5. The first-order chi connectivity index (χ1) is 29.9. The van der Waals surface area contributed by atoms with Gasteiger partial charge < -0.3 is 0 Å². The van der Waals surface area contributed by atoms with Gasteiger partial charge in [-0.1, -0.05) is 184 Å². The van der Waals surface area contributed by atoms with Crippen molar-refractivity contribution in [2.45, 2.75) is 31.6 Å². The molecule has 2 aliphatic rings. The Hall–Kier alpha value is -7.42. The van der Waals surface area contributed by atoms with Crippen molar-refractivity contribution in [2.24, 2.45) is 0 Å². The predicted molar refractivity (Wildman–Crippen MR) is 254 cm³/mol. The highest BCUT2D eigenvalue weighted by Crippen LogP contribution is 2.54. The topological polar surface area (TPSA) is 25.8 Å². The van der Waals surface area contributed by atoms with Crippen molar-refractivity contribution in [3.8, 4) is 67.3 Å². The average Bonchev–Trinajstić information content (AvgIpc) is 3.71. The van der Waals surface area contributed by atoms with Crippen LogP contribution in [0.1, 0.15) is 48.6 Å². The van der Waals surface area contributed by atoms with Gasteiger partial charge in [0, 0.05) is 27.5 Å². The Kier molecular flexibility index (Phi) is 7.74. The van der Waals surface area contributed by atoms with Crippen LogP contribution in [0.3, 0.4) is 0 Å². The molecule has 2 heteroatoms. The molecule has 9 aromatic carbocycles. The second kappa shape index (κ2) is 13.3. The number of hydrogen-bond acceptors (Lipinski definition) is 2. The molecule has 0 spiro atoms. The van der Waals surface area contributed by atoms with E-state index in [9.17, 15) is 0 Å². The third-order valence-electron chi connectivity index (χ3n) is 13.8. The smallest absolute Gasteiger partial charge is 0.160 e. The minimum Gasteiger partial charge on any atom is -0.228 e. The fraction of sp³-hybridized carbons (Fsp3) is 0.0847. The molecule has 61 heavy (non-hydrogen) atoms. The number of fused-ring (bicyclic) bond motifs is 8. The van der Waals surface area contributed by atoms with Gasteiger partial charge in [-0.15, -0.1) is 0 Å². The quantitative estimate of drug-likeness (QED) is 0.174. The van der Waals surface area contributed by atoms with E-state index in [1.54, 1.807) is 0 Å². The monoisotopic (exact) mass is 778 g/mol. The Balaban J connectivity index is 1.02. The molecule has 10 aromatic rings. The van der Waals surface area contributed by atoms with Crippen LogP contribution < -0.4 is 0 Å². The van der Waals surface area contributed by atoms with E-state index < -0.39 is 0 Å². The van der Waals surface area contributed by atoms with Gasteiger partial charge in [-0.2, -0.15) is 0 Å². The summed E-state index contributed by atoms with van der Waals surface area (Å²) < 4.78 is 0. The third kappa shape index (κ3) is 5.35. The molecule has 1 unspecified atom stereocenters. The van der Waals surface area contributed by atoms with E-state index in [1.165, 1.54) is 77.4 Å². The zero-order chi connectivity index (χ0) is 40.9. The molecule has 1 atom stereocenters. The molecule has 0 N–H and O–H groups in total. The second-order valence-corrected chi connectivity index (χ2v) is 17.5. The first-order valence-electron chi connectivity index (χ1n) is 21.3. The minimum absolute atomic E-state index is 0.0800. The fourth-order valence-electron chi connectivity index (χ4n) is 10.6. The molecule has 0 fully saturated rings. The Morgan fingerprint density at radius 2 is 0.918 bits per heavy atom. The van der Waals surface area contributed by atoms with E-state index in [4.69, 9.17) is 9.97 Å². The van der Waals surface area contributed by atoms with E-state index in [1.807, 2.05) is 6.07 Å². The molecule has 1 aromatic heterocycles. The summed E-state index contributed by atoms with van der Waals surface area (Å²) in [6.07, 6.45) is 0. The Labute approximate surface area is 356 Å². The highest BCUT2D eigenvalue weighted by Gasteiger charge is 2.41. The maximum absolute atomic E-state index is 5.33. The summed E-state index contributed by atoms with van der Waals surface area (Å²) in [5, 5.41) is 4.93. The summed E-state index contributed by atoms with van der Waals surface area (Å²) in [6, 6.07) is 73.2. The zero-order valence-corrected chi connectivity index (χ0v) is 34.4. The van der Waals surface area contributed by atoms with Crippen LogP contribution in [-0.4, -0.2) is 9.97 Å². The van der Waals surface area contributed by atoms with Gasteiger partial charge in [0.05, 0.1) is 11.4 Å². The molecule has 2 aliphatic carbocycles. The van der Waals surface area contributed by atoms with E-state index in [0.29, 0.717) is 5.82 Å². The van der Waals surface area contributed by atoms with Crippen molar-refractivity contribution in [2.75, 3.05) is 0 Å². The predicted octanol–water partition coefficient (Wildman–Crippen LogP) is 15.1. The number of benzene rings is 9. The van der Waals surface area contributed by atoms with E-state index in [2.05, 4.69) is 215 Å². The lowest BCUT2D eigenvalue weighted by molar-refractivity contribution is 0.661. The van der Waals surface area contributed by atoms with Crippen LogP contribution in [0.2, 0.25) is 0 Å². The summed E-state index contributed by atoms with van der Waals surface area (Å²) >= 11 is 0. The first kappa shape index (κ1) is 35.5. The van der Waals surface area contributed by atoms with E-state index in [-0.39, 0.29) is 10.8 Å². The molecule has 288 valence electrons. The van der Waals surface area contributed by atoms with Gasteiger partial charge in [-0.05, 0) is 120 Å². The highest BCUT2D eigenvalue weighted by atomic mass is 14.9. The van der Waals surface area contributed by atoms with Crippen molar-refractivity contribution in [3.05, 3.63) is 228 Å². The molecule has 0 bridgehead atoms. The van der Waals surface area contributed by atoms with E-state index in [0.717, 1.165) is 33.5 Å². The lowest BCUT2D eigenvalue weighted by Gasteiger charge is -2.28. The average molecular weight is 779 g/mol. The van der Waals surface area contributed by atoms with Gasteiger partial charge >= 0.3 is 0 Å². The van der Waals surface area contributed by atoms with Gasteiger partial charge in [0.2, 0.25) is 0 Å². The van der Waals surface area contributed by atoms with Crippen molar-refractivity contribution < 1.29 is 0 Å². The summed E-state index contributed by atoms with van der Waals surface area (Å²) in [6.45, 7) is 7.09. The number of rotatable bonds is 5. The number of nitrogens with zero attached hydrogens (tertiary/aromatic N) is 2. The lowest BCUT2D eigenvalue weighted by Crippen LogP contribution is -2.22. The van der Waals surface area contributed by atoms with Gasteiger partial charge in [-0.3, -0.25) is 0 Å².